The smallest absolute Gasteiger partial charge is 0.0271 e. The molecular formula is C10H17N3. The minimum absolute atomic E-state index is 0.765. The van der Waals surface area contributed by atoms with Crippen LogP contribution in [-0.4, -0.2) is 30.0 Å². The predicted molar refractivity (Wildman–Crippen MR) is 54.2 cm³/mol. The highest BCUT2D eigenvalue weighted by Gasteiger charge is 1.98. The number of aromatic nitrogens is 1. The van der Waals surface area contributed by atoms with Crippen LogP contribution in [0.4, 0.5) is 0 Å². The summed E-state index contributed by atoms with van der Waals surface area (Å²) >= 11 is 0. The molecule has 0 saturated carbocycles. The maximum Gasteiger partial charge on any atom is 0.0271 e. The number of nitrogens with two attached hydrogens (primary N) is 1. The lowest BCUT2D eigenvalue weighted by Gasteiger charge is -2.15. The maximum absolute atomic E-state index is 5.43. The molecule has 0 aliphatic rings. The van der Waals surface area contributed by atoms with Gasteiger partial charge in [0.1, 0.15) is 0 Å². The van der Waals surface area contributed by atoms with Gasteiger partial charge >= 0.3 is 0 Å². The Morgan fingerprint density at radius 1 is 1.38 bits per heavy atom. The molecule has 0 amide bonds. The van der Waals surface area contributed by atoms with Gasteiger partial charge < -0.3 is 10.6 Å². The molecule has 0 fully saturated rings. The van der Waals surface area contributed by atoms with Gasteiger partial charge in [-0.15, -0.1) is 0 Å². The van der Waals surface area contributed by atoms with Crippen LogP contribution in [0.1, 0.15) is 12.0 Å². The fourth-order valence-electron chi connectivity index (χ4n) is 1.24. The molecule has 0 aliphatic heterocycles. The van der Waals surface area contributed by atoms with Gasteiger partial charge in [0.15, 0.2) is 0 Å². The predicted octanol–water partition coefficient (Wildman–Crippen LogP) is 0.862. The number of hydrogen-bond donors (Lipinski definition) is 1. The Morgan fingerprint density at radius 3 is 2.69 bits per heavy atom. The van der Waals surface area contributed by atoms with Crippen molar-refractivity contribution < 1.29 is 0 Å². The van der Waals surface area contributed by atoms with Crippen molar-refractivity contribution in [3.63, 3.8) is 0 Å². The first-order chi connectivity index (χ1) is 6.33. The summed E-state index contributed by atoms with van der Waals surface area (Å²) in [5.41, 5.74) is 6.73. The molecule has 0 atom stereocenters. The van der Waals surface area contributed by atoms with E-state index in [1.165, 1.54) is 5.56 Å². The molecule has 72 valence electrons. The Hall–Kier alpha value is -0.930. The topological polar surface area (TPSA) is 42.1 Å². The van der Waals surface area contributed by atoms with E-state index in [9.17, 15) is 0 Å². The van der Waals surface area contributed by atoms with Crippen LogP contribution in [0, 0.1) is 0 Å². The van der Waals surface area contributed by atoms with E-state index in [1.807, 2.05) is 24.5 Å². The van der Waals surface area contributed by atoms with Crippen LogP contribution in [-0.2, 0) is 6.54 Å². The molecule has 0 bridgehead atoms. The van der Waals surface area contributed by atoms with E-state index in [-0.39, 0.29) is 0 Å². The minimum Gasteiger partial charge on any atom is -0.330 e. The van der Waals surface area contributed by atoms with Crippen molar-refractivity contribution >= 4 is 0 Å². The fraction of sp³-hybridized carbons (Fsp3) is 0.500. The average molecular weight is 179 g/mol. The molecule has 3 heteroatoms. The zero-order chi connectivity index (χ0) is 9.52. The molecule has 0 unspecified atom stereocenters. The van der Waals surface area contributed by atoms with Gasteiger partial charge in [0, 0.05) is 18.9 Å². The molecule has 0 saturated heterocycles. The van der Waals surface area contributed by atoms with E-state index in [2.05, 4.69) is 16.9 Å². The molecule has 0 radical (unpaired) electrons. The van der Waals surface area contributed by atoms with Gasteiger partial charge in [-0.1, -0.05) is 0 Å². The molecule has 1 heterocycles. The van der Waals surface area contributed by atoms with Gasteiger partial charge in [0.25, 0.3) is 0 Å². The normalized spacial score (nSPS) is 10.7. The molecule has 1 aromatic rings. The molecule has 1 rings (SSSR count). The summed E-state index contributed by atoms with van der Waals surface area (Å²) in [5, 5.41) is 0. The van der Waals surface area contributed by atoms with Crippen LogP contribution in [0.25, 0.3) is 0 Å². The van der Waals surface area contributed by atoms with Crippen LogP contribution in [0.5, 0.6) is 0 Å². The van der Waals surface area contributed by atoms with Crippen LogP contribution >= 0.6 is 0 Å². The van der Waals surface area contributed by atoms with Gasteiger partial charge in [-0.2, -0.15) is 0 Å². The first-order valence-electron chi connectivity index (χ1n) is 4.60. The summed E-state index contributed by atoms with van der Waals surface area (Å²) < 4.78 is 0. The van der Waals surface area contributed by atoms with E-state index in [4.69, 9.17) is 5.73 Å². The zero-order valence-corrected chi connectivity index (χ0v) is 8.11. The van der Waals surface area contributed by atoms with Crippen molar-refractivity contribution in [1.29, 1.82) is 0 Å². The Morgan fingerprint density at radius 2 is 2.08 bits per heavy atom. The third kappa shape index (κ3) is 4.01. The first-order valence-corrected chi connectivity index (χ1v) is 4.60. The highest BCUT2D eigenvalue weighted by molar-refractivity contribution is 5.08. The van der Waals surface area contributed by atoms with Gasteiger partial charge in [0.2, 0.25) is 0 Å². The number of nitrogens with zero attached hydrogens (tertiary/aromatic N) is 2. The third-order valence-corrected chi connectivity index (χ3v) is 1.95. The number of rotatable bonds is 5. The summed E-state index contributed by atoms with van der Waals surface area (Å²) in [6.45, 7) is 2.79. The summed E-state index contributed by atoms with van der Waals surface area (Å²) in [4.78, 5) is 6.24. The molecule has 2 N–H and O–H groups in total. The molecule has 0 aromatic carbocycles. The Balaban J connectivity index is 2.32. The SMILES string of the molecule is CN(CCCN)Cc1ccncc1. The van der Waals surface area contributed by atoms with Gasteiger partial charge in [-0.3, -0.25) is 4.98 Å². The summed E-state index contributed by atoms with van der Waals surface area (Å²) in [6.07, 6.45) is 4.71. The van der Waals surface area contributed by atoms with Crippen molar-refractivity contribution in [1.82, 2.24) is 9.88 Å². The quantitative estimate of drug-likeness (QED) is 0.729. The second-order valence-corrected chi connectivity index (χ2v) is 3.24. The Bertz CT molecular complexity index is 223. The summed E-state index contributed by atoms with van der Waals surface area (Å²) in [7, 11) is 2.11. The van der Waals surface area contributed by atoms with Crippen molar-refractivity contribution in [2.75, 3.05) is 20.1 Å². The molecule has 13 heavy (non-hydrogen) atoms. The van der Waals surface area contributed by atoms with Crippen molar-refractivity contribution in [3.05, 3.63) is 30.1 Å². The molecule has 1 aromatic heterocycles. The van der Waals surface area contributed by atoms with E-state index >= 15 is 0 Å². The highest BCUT2D eigenvalue weighted by atomic mass is 15.1. The first kappa shape index (κ1) is 10.2. The minimum atomic E-state index is 0.765. The van der Waals surface area contributed by atoms with Crippen LogP contribution < -0.4 is 5.73 Å². The maximum atomic E-state index is 5.43. The molecule has 0 aliphatic carbocycles. The second-order valence-electron chi connectivity index (χ2n) is 3.24. The van der Waals surface area contributed by atoms with Crippen LogP contribution in [0.15, 0.2) is 24.5 Å². The van der Waals surface area contributed by atoms with Gasteiger partial charge in [-0.05, 0) is 44.3 Å². The monoisotopic (exact) mass is 179 g/mol. The standard InChI is InChI=1S/C10H17N3/c1-13(8-2-5-11)9-10-3-6-12-7-4-10/h3-4,6-7H,2,5,8-9,11H2,1H3. The highest BCUT2D eigenvalue weighted by Crippen LogP contribution is 2.00. The van der Waals surface area contributed by atoms with Crippen molar-refractivity contribution in [3.8, 4) is 0 Å². The van der Waals surface area contributed by atoms with Crippen LogP contribution in [0.3, 0.4) is 0 Å². The number of hydrogen-bond acceptors (Lipinski definition) is 3. The Labute approximate surface area is 79.6 Å². The fourth-order valence-corrected chi connectivity index (χ4v) is 1.24. The van der Waals surface area contributed by atoms with Crippen molar-refractivity contribution in [2.45, 2.75) is 13.0 Å². The van der Waals surface area contributed by atoms with E-state index in [0.717, 1.165) is 26.1 Å². The van der Waals surface area contributed by atoms with Crippen molar-refractivity contribution in [2.24, 2.45) is 5.73 Å². The third-order valence-electron chi connectivity index (χ3n) is 1.95. The lowest BCUT2D eigenvalue weighted by Crippen LogP contribution is -2.21. The lowest BCUT2D eigenvalue weighted by molar-refractivity contribution is 0.324. The van der Waals surface area contributed by atoms with Crippen LogP contribution in [0.2, 0.25) is 0 Å². The zero-order valence-electron chi connectivity index (χ0n) is 8.11. The summed E-state index contributed by atoms with van der Waals surface area (Å²) in [5.74, 6) is 0. The summed E-state index contributed by atoms with van der Waals surface area (Å²) in [6, 6.07) is 4.08. The van der Waals surface area contributed by atoms with E-state index in [0.29, 0.717) is 0 Å². The Kier molecular flexibility index (Phi) is 4.43. The van der Waals surface area contributed by atoms with Gasteiger partial charge in [0.05, 0.1) is 0 Å². The van der Waals surface area contributed by atoms with Gasteiger partial charge in [-0.25, -0.2) is 0 Å². The molecule has 3 nitrogen and oxygen atoms in total. The molecule has 0 spiro atoms. The average Bonchev–Trinajstić information content (AvgIpc) is 2.16. The molecular weight excluding hydrogens is 162 g/mol. The largest absolute Gasteiger partial charge is 0.330 e. The number of pyridine rings is 1. The van der Waals surface area contributed by atoms with E-state index in [1.54, 1.807) is 0 Å². The second kappa shape index (κ2) is 5.67. The van der Waals surface area contributed by atoms with E-state index < -0.39 is 0 Å². The lowest BCUT2D eigenvalue weighted by atomic mass is 10.2.